The first-order valence-corrected chi connectivity index (χ1v) is 6.79. The van der Waals surface area contributed by atoms with E-state index in [0.717, 1.165) is 28.9 Å². The molecule has 5 nitrogen and oxygen atoms in total. The second-order valence-electron chi connectivity index (χ2n) is 4.97. The van der Waals surface area contributed by atoms with Gasteiger partial charge in [0.05, 0.1) is 0 Å². The van der Waals surface area contributed by atoms with Gasteiger partial charge in [0.15, 0.2) is 0 Å². The van der Waals surface area contributed by atoms with Crippen LogP contribution in [0, 0.1) is 6.92 Å². The van der Waals surface area contributed by atoms with Crippen molar-refractivity contribution in [3.63, 3.8) is 0 Å². The van der Waals surface area contributed by atoms with Gasteiger partial charge >= 0.3 is 0 Å². The summed E-state index contributed by atoms with van der Waals surface area (Å²) in [5.41, 5.74) is 1.85. The van der Waals surface area contributed by atoms with Crippen molar-refractivity contribution in [2.24, 2.45) is 0 Å². The van der Waals surface area contributed by atoms with E-state index in [0.29, 0.717) is 0 Å². The third-order valence-electron chi connectivity index (χ3n) is 2.93. The smallest absolute Gasteiger partial charge is 0.136 e. The summed E-state index contributed by atoms with van der Waals surface area (Å²) in [5.74, 6) is 2.38. The number of rotatable bonds is 4. The monoisotopic (exact) mass is 283 g/mol. The van der Waals surface area contributed by atoms with Gasteiger partial charge in [0.1, 0.15) is 17.5 Å². The highest BCUT2D eigenvalue weighted by Gasteiger charge is 2.08. The highest BCUT2D eigenvalue weighted by molar-refractivity contribution is 5.54. The number of nitrogens with one attached hydrogen (secondary N) is 1. The minimum Gasteiger partial charge on any atom is -0.363 e. The zero-order valence-corrected chi connectivity index (χ0v) is 13.0. The molecule has 0 atom stereocenters. The summed E-state index contributed by atoms with van der Waals surface area (Å²) in [6, 6.07) is 1.92. The molecule has 0 amide bonds. The molecule has 21 heavy (non-hydrogen) atoms. The summed E-state index contributed by atoms with van der Waals surface area (Å²) in [6.45, 7) is 7.90. The maximum Gasteiger partial charge on any atom is 0.136 e. The van der Waals surface area contributed by atoms with E-state index >= 15 is 0 Å². The van der Waals surface area contributed by atoms with E-state index in [1.165, 1.54) is 0 Å². The summed E-state index contributed by atoms with van der Waals surface area (Å²) in [6.07, 6.45) is 9.86. The van der Waals surface area contributed by atoms with Crippen molar-refractivity contribution in [1.29, 1.82) is 0 Å². The van der Waals surface area contributed by atoms with Gasteiger partial charge in [-0.3, -0.25) is 0 Å². The van der Waals surface area contributed by atoms with Crippen LogP contribution in [0.4, 0.5) is 11.6 Å². The Kier molecular flexibility index (Phi) is 4.42. The van der Waals surface area contributed by atoms with E-state index in [2.05, 4.69) is 21.9 Å². The fraction of sp³-hybridized carbons (Fsp3) is 0.250. The molecule has 2 rings (SSSR count). The molecule has 0 radical (unpaired) electrons. The number of nitrogens with zero attached hydrogens (tertiary/aromatic N) is 4. The molecule has 5 heteroatoms. The Hall–Kier alpha value is -2.56. The largest absolute Gasteiger partial charge is 0.363 e. The van der Waals surface area contributed by atoms with Gasteiger partial charge in [0.25, 0.3) is 0 Å². The van der Waals surface area contributed by atoms with Crippen LogP contribution >= 0.6 is 0 Å². The van der Waals surface area contributed by atoms with Gasteiger partial charge in [-0.05, 0) is 26.0 Å². The molecule has 0 saturated heterocycles. The highest BCUT2D eigenvalue weighted by Crippen LogP contribution is 2.20. The summed E-state index contributed by atoms with van der Waals surface area (Å²) in [5, 5.41) is 3.29. The van der Waals surface area contributed by atoms with Crippen LogP contribution in [0.2, 0.25) is 0 Å². The molecule has 0 bridgehead atoms. The van der Waals surface area contributed by atoms with Crippen LogP contribution in [-0.2, 0) is 0 Å². The topological polar surface area (TPSA) is 44.3 Å². The lowest BCUT2D eigenvalue weighted by molar-refractivity contribution is 0.644. The summed E-state index contributed by atoms with van der Waals surface area (Å²) in [4.78, 5) is 12.7. The maximum absolute atomic E-state index is 4.41. The SMILES string of the molecule is C=C1C=C(Nc2cc(N(C)C)nc(C)n2)C=CN1/C=C\C. The Morgan fingerprint density at radius 1 is 1.33 bits per heavy atom. The van der Waals surface area contributed by atoms with E-state index in [1.54, 1.807) is 0 Å². The quantitative estimate of drug-likeness (QED) is 0.920. The molecule has 0 spiro atoms. The molecule has 0 aromatic carbocycles. The van der Waals surface area contributed by atoms with Crippen LogP contribution < -0.4 is 10.2 Å². The Morgan fingerprint density at radius 2 is 2.10 bits per heavy atom. The molecule has 1 aromatic heterocycles. The molecule has 0 unspecified atom stereocenters. The average Bonchev–Trinajstić information content (AvgIpc) is 2.41. The van der Waals surface area contributed by atoms with Gasteiger partial charge in [-0.2, -0.15) is 0 Å². The number of aryl methyl sites for hydroxylation is 1. The second kappa shape index (κ2) is 6.26. The van der Waals surface area contributed by atoms with Gasteiger partial charge in [-0.1, -0.05) is 12.7 Å². The number of allylic oxidation sites excluding steroid dienone is 3. The van der Waals surface area contributed by atoms with E-state index in [-0.39, 0.29) is 0 Å². The fourth-order valence-corrected chi connectivity index (χ4v) is 1.94. The number of aromatic nitrogens is 2. The second-order valence-corrected chi connectivity index (χ2v) is 4.97. The molecule has 1 aromatic rings. The molecule has 0 aliphatic carbocycles. The average molecular weight is 283 g/mol. The van der Waals surface area contributed by atoms with Crippen molar-refractivity contribution in [2.75, 3.05) is 24.3 Å². The summed E-state index contributed by atoms with van der Waals surface area (Å²) >= 11 is 0. The van der Waals surface area contributed by atoms with Gasteiger partial charge in [-0.15, -0.1) is 0 Å². The zero-order valence-electron chi connectivity index (χ0n) is 13.0. The third-order valence-corrected chi connectivity index (χ3v) is 2.93. The maximum atomic E-state index is 4.41. The lowest BCUT2D eigenvalue weighted by Crippen LogP contribution is -2.15. The van der Waals surface area contributed by atoms with Gasteiger partial charge in [0, 0.05) is 44.0 Å². The Morgan fingerprint density at radius 3 is 2.71 bits per heavy atom. The minimum absolute atomic E-state index is 0.735. The van der Waals surface area contributed by atoms with Gasteiger partial charge < -0.3 is 15.1 Å². The third kappa shape index (κ3) is 3.72. The molecule has 0 fully saturated rings. The first-order chi connectivity index (χ1) is 9.99. The zero-order chi connectivity index (χ0) is 15.4. The molecule has 1 aliphatic heterocycles. The van der Waals surface area contributed by atoms with Crippen LogP contribution in [0.5, 0.6) is 0 Å². The normalized spacial score (nSPS) is 14.6. The van der Waals surface area contributed by atoms with Crippen LogP contribution in [0.3, 0.4) is 0 Å². The molecule has 0 saturated carbocycles. The van der Waals surface area contributed by atoms with Gasteiger partial charge in [0.2, 0.25) is 0 Å². The van der Waals surface area contributed by atoms with E-state index < -0.39 is 0 Å². The summed E-state index contributed by atoms with van der Waals surface area (Å²) < 4.78 is 0. The van der Waals surface area contributed by atoms with Crippen LogP contribution in [0.15, 0.2) is 54.7 Å². The van der Waals surface area contributed by atoms with E-state index in [4.69, 9.17) is 0 Å². The number of hydrogen-bond acceptors (Lipinski definition) is 5. The Bertz CT molecular complexity index is 626. The summed E-state index contributed by atoms with van der Waals surface area (Å²) in [7, 11) is 3.92. The predicted molar refractivity (Wildman–Crippen MR) is 87.7 cm³/mol. The van der Waals surface area contributed by atoms with Crippen molar-refractivity contribution < 1.29 is 0 Å². The molecular weight excluding hydrogens is 262 g/mol. The minimum atomic E-state index is 0.735. The van der Waals surface area contributed by atoms with Crippen molar-refractivity contribution >= 4 is 11.6 Å². The fourth-order valence-electron chi connectivity index (χ4n) is 1.94. The molecule has 1 aliphatic rings. The first-order valence-electron chi connectivity index (χ1n) is 6.79. The van der Waals surface area contributed by atoms with E-state index in [1.807, 2.05) is 74.4 Å². The molecular formula is C16H21N5. The van der Waals surface area contributed by atoms with Crippen LogP contribution in [0.1, 0.15) is 12.7 Å². The number of anilines is 2. The Balaban J connectivity index is 2.18. The first kappa shape index (κ1) is 14.8. The van der Waals surface area contributed by atoms with Gasteiger partial charge in [-0.25, -0.2) is 9.97 Å². The van der Waals surface area contributed by atoms with Crippen molar-refractivity contribution in [3.05, 3.63) is 60.5 Å². The van der Waals surface area contributed by atoms with Crippen molar-refractivity contribution in [2.45, 2.75) is 13.8 Å². The van der Waals surface area contributed by atoms with Crippen LogP contribution in [0.25, 0.3) is 0 Å². The Labute approximate surface area is 126 Å². The van der Waals surface area contributed by atoms with Crippen molar-refractivity contribution in [3.8, 4) is 0 Å². The molecule has 2 heterocycles. The standard InChI is InChI=1S/C16H21N5/c1-6-8-21-9-7-14(10-12(21)2)19-15-11-16(20(4)5)18-13(3)17-15/h6-11H,2H2,1,3-5H3,(H,17,18,19)/b8-6-. The lowest BCUT2D eigenvalue weighted by Gasteiger charge is -2.21. The van der Waals surface area contributed by atoms with E-state index in [9.17, 15) is 0 Å². The molecule has 110 valence electrons. The van der Waals surface area contributed by atoms with Crippen molar-refractivity contribution in [1.82, 2.24) is 14.9 Å². The molecule has 1 N–H and O–H groups in total. The lowest BCUT2D eigenvalue weighted by atomic mass is 10.2. The number of hydrogen-bond donors (Lipinski definition) is 1. The van der Waals surface area contributed by atoms with Crippen LogP contribution in [-0.4, -0.2) is 29.0 Å². The highest BCUT2D eigenvalue weighted by atomic mass is 15.2. The predicted octanol–water partition coefficient (Wildman–Crippen LogP) is 3.02.